The highest BCUT2D eigenvalue weighted by Gasteiger charge is 2.16. The second-order valence-corrected chi connectivity index (χ2v) is 5.39. The number of anilines is 1. The topological polar surface area (TPSA) is 58.2 Å². The molecule has 0 aromatic heterocycles. The Bertz CT molecular complexity index is 751. The number of carbonyl (C=O) groups is 2. The number of rotatable bonds is 7. The monoisotopic (exact) mass is 350 g/mol. The first-order chi connectivity index (χ1) is 12.0. The number of amides is 2. The van der Waals surface area contributed by atoms with Crippen LogP contribution >= 0.6 is 0 Å². The lowest BCUT2D eigenvalue weighted by Gasteiger charge is -2.08. The van der Waals surface area contributed by atoms with E-state index in [0.717, 1.165) is 18.1 Å². The smallest absolute Gasteiger partial charge is 0.233 e. The highest BCUT2D eigenvalue weighted by Crippen LogP contribution is 2.19. The van der Waals surface area contributed by atoms with Gasteiger partial charge >= 0.3 is 0 Å². The zero-order valence-electron chi connectivity index (χ0n) is 13.3. The van der Waals surface area contributed by atoms with E-state index in [1.54, 1.807) is 0 Å². The Labute approximate surface area is 143 Å². The van der Waals surface area contributed by atoms with Gasteiger partial charge in [-0.3, -0.25) is 9.59 Å². The number of hydrogen-bond donors (Lipinski definition) is 2. The SMILES string of the molecule is O=C(CC(=O)Nc1ccc(F)c(F)c1F)NCCCc1ccccc1. The standard InChI is InChI=1S/C18H17F3N2O2/c19-13-8-9-14(18(21)17(13)20)23-16(25)11-15(24)22-10-4-7-12-5-2-1-3-6-12/h1-3,5-6,8-9H,4,7,10-11H2,(H,22,24)(H,23,25). The molecule has 2 aromatic rings. The molecule has 0 bridgehead atoms. The average molecular weight is 350 g/mol. The van der Waals surface area contributed by atoms with Crippen LogP contribution in [0.5, 0.6) is 0 Å². The van der Waals surface area contributed by atoms with E-state index in [1.165, 1.54) is 0 Å². The van der Waals surface area contributed by atoms with Gasteiger partial charge in [0.1, 0.15) is 6.42 Å². The molecule has 0 aliphatic heterocycles. The van der Waals surface area contributed by atoms with E-state index in [2.05, 4.69) is 5.32 Å². The Morgan fingerprint density at radius 1 is 0.880 bits per heavy atom. The van der Waals surface area contributed by atoms with Crippen molar-refractivity contribution in [2.75, 3.05) is 11.9 Å². The molecular weight excluding hydrogens is 333 g/mol. The van der Waals surface area contributed by atoms with Gasteiger partial charge in [-0.25, -0.2) is 13.2 Å². The number of benzene rings is 2. The lowest BCUT2D eigenvalue weighted by molar-refractivity contribution is -0.126. The number of hydrogen-bond acceptors (Lipinski definition) is 2. The molecule has 132 valence electrons. The van der Waals surface area contributed by atoms with Gasteiger partial charge in [-0.2, -0.15) is 0 Å². The van der Waals surface area contributed by atoms with Gasteiger partial charge in [-0.15, -0.1) is 0 Å². The first kappa shape index (κ1) is 18.5. The van der Waals surface area contributed by atoms with Crippen LogP contribution in [0, 0.1) is 17.5 Å². The van der Waals surface area contributed by atoms with E-state index in [1.807, 2.05) is 35.6 Å². The molecule has 0 unspecified atom stereocenters. The Kier molecular flexibility index (Phi) is 6.56. The van der Waals surface area contributed by atoms with Crippen LogP contribution in [-0.2, 0) is 16.0 Å². The van der Waals surface area contributed by atoms with Crippen LogP contribution in [0.15, 0.2) is 42.5 Å². The maximum Gasteiger partial charge on any atom is 0.233 e. The van der Waals surface area contributed by atoms with Gasteiger partial charge in [0.05, 0.1) is 5.69 Å². The van der Waals surface area contributed by atoms with Gasteiger partial charge in [0.25, 0.3) is 0 Å². The summed E-state index contributed by atoms with van der Waals surface area (Å²) in [4.78, 5) is 23.3. The van der Waals surface area contributed by atoms with Crippen LogP contribution in [0.3, 0.4) is 0 Å². The van der Waals surface area contributed by atoms with E-state index < -0.39 is 41.4 Å². The van der Waals surface area contributed by atoms with Crippen molar-refractivity contribution in [3.8, 4) is 0 Å². The normalized spacial score (nSPS) is 10.4. The van der Waals surface area contributed by atoms with Crippen molar-refractivity contribution in [3.05, 3.63) is 65.5 Å². The molecule has 2 aromatic carbocycles. The minimum Gasteiger partial charge on any atom is -0.356 e. The molecule has 0 saturated heterocycles. The Morgan fingerprint density at radius 2 is 1.60 bits per heavy atom. The van der Waals surface area contributed by atoms with Crippen LogP contribution in [0.2, 0.25) is 0 Å². The van der Waals surface area contributed by atoms with Crippen molar-refractivity contribution >= 4 is 17.5 Å². The third-order valence-electron chi connectivity index (χ3n) is 3.44. The van der Waals surface area contributed by atoms with Crippen molar-refractivity contribution in [1.29, 1.82) is 0 Å². The summed E-state index contributed by atoms with van der Waals surface area (Å²) in [5.41, 5.74) is 0.629. The van der Waals surface area contributed by atoms with Crippen LogP contribution < -0.4 is 10.6 Å². The maximum absolute atomic E-state index is 13.4. The minimum absolute atomic E-state index is 0.389. The fraction of sp³-hybridized carbons (Fsp3) is 0.222. The number of carbonyl (C=O) groups excluding carboxylic acids is 2. The summed E-state index contributed by atoms with van der Waals surface area (Å²) in [6, 6.07) is 11.3. The van der Waals surface area contributed by atoms with E-state index in [9.17, 15) is 22.8 Å². The predicted octanol–water partition coefficient (Wildman–Crippen LogP) is 3.18. The number of nitrogens with one attached hydrogen (secondary N) is 2. The summed E-state index contributed by atoms with van der Waals surface area (Å²) in [6.45, 7) is 0.389. The molecule has 4 nitrogen and oxygen atoms in total. The van der Waals surface area contributed by atoms with E-state index >= 15 is 0 Å². The van der Waals surface area contributed by atoms with Crippen molar-refractivity contribution < 1.29 is 22.8 Å². The molecular formula is C18H17F3N2O2. The molecule has 0 spiro atoms. The highest BCUT2D eigenvalue weighted by atomic mass is 19.2. The van der Waals surface area contributed by atoms with E-state index in [0.29, 0.717) is 19.0 Å². The molecule has 7 heteroatoms. The van der Waals surface area contributed by atoms with Crippen LogP contribution in [-0.4, -0.2) is 18.4 Å². The van der Waals surface area contributed by atoms with Gasteiger partial charge < -0.3 is 10.6 Å². The summed E-state index contributed by atoms with van der Waals surface area (Å²) in [6.07, 6.45) is 0.951. The quantitative estimate of drug-likeness (QED) is 0.458. The van der Waals surface area contributed by atoms with Gasteiger partial charge in [0, 0.05) is 6.54 Å². The summed E-state index contributed by atoms with van der Waals surface area (Å²) in [5, 5.41) is 4.62. The summed E-state index contributed by atoms with van der Waals surface area (Å²) >= 11 is 0. The van der Waals surface area contributed by atoms with Crippen LogP contribution in [0.25, 0.3) is 0 Å². The molecule has 2 amide bonds. The number of halogens is 3. The molecule has 0 aliphatic rings. The molecule has 0 aliphatic carbocycles. The van der Waals surface area contributed by atoms with Gasteiger partial charge in [0.15, 0.2) is 17.5 Å². The lowest BCUT2D eigenvalue weighted by atomic mass is 10.1. The third kappa shape index (κ3) is 5.63. The second-order valence-electron chi connectivity index (χ2n) is 5.39. The van der Waals surface area contributed by atoms with Crippen molar-refractivity contribution in [2.45, 2.75) is 19.3 Å². The predicted molar refractivity (Wildman–Crippen MR) is 87.3 cm³/mol. The van der Waals surface area contributed by atoms with Gasteiger partial charge in [-0.1, -0.05) is 30.3 Å². The Balaban J connectivity index is 1.73. The van der Waals surface area contributed by atoms with E-state index in [-0.39, 0.29) is 0 Å². The van der Waals surface area contributed by atoms with Crippen molar-refractivity contribution in [3.63, 3.8) is 0 Å². The highest BCUT2D eigenvalue weighted by molar-refractivity contribution is 6.03. The first-order valence-corrected chi connectivity index (χ1v) is 7.71. The Morgan fingerprint density at radius 3 is 2.32 bits per heavy atom. The molecule has 0 saturated carbocycles. The number of aryl methyl sites for hydroxylation is 1. The van der Waals surface area contributed by atoms with Crippen molar-refractivity contribution in [1.82, 2.24) is 5.32 Å². The van der Waals surface area contributed by atoms with Crippen molar-refractivity contribution in [2.24, 2.45) is 0 Å². The Hall–Kier alpha value is -2.83. The van der Waals surface area contributed by atoms with Crippen LogP contribution in [0.1, 0.15) is 18.4 Å². The molecule has 0 fully saturated rings. The summed E-state index contributed by atoms with van der Waals surface area (Å²) in [7, 11) is 0. The second kappa shape index (κ2) is 8.86. The minimum atomic E-state index is -1.68. The zero-order chi connectivity index (χ0) is 18.2. The van der Waals surface area contributed by atoms with Gasteiger partial charge in [-0.05, 0) is 30.5 Å². The molecule has 0 atom stereocenters. The molecule has 0 radical (unpaired) electrons. The summed E-state index contributed by atoms with van der Waals surface area (Å²) in [5.74, 6) is -5.88. The van der Waals surface area contributed by atoms with Gasteiger partial charge in [0.2, 0.25) is 11.8 Å². The fourth-order valence-electron chi connectivity index (χ4n) is 2.19. The largest absolute Gasteiger partial charge is 0.356 e. The van der Waals surface area contributed by atoms with Crippen LogP contribution in [0.4, 0.5) is 18.9 Å². The zero-order valence-corrected chi connectivity index (χ0v) is 13.3. The first-order valence-electron chi connectivity index (χ1n) is 7.71. The third-order valence-corrected chi connectivity index (χ3v) is 3.44. The summed E-state index contributed by atoms with van der Waals surface area (Å²) < 4.78 is 39.3. The fourth-order valence-corrected chi connectivity index (χ4v) is 2.19. The lowest BCUT2D eigenvalue weighted by Crippen LogP contribution is -2.29. The molecule has 25 heavy (non-hydrogen) atoms. The molecule has 0 heterocycles. The molecule has 2 N–H and O–H groups in total. The maximum atomic E-state index is 13.4. The van der Waals surface area contributed by atoms with E-state index in [4.69, 9.17) is 0 Å². The average Bonchev–Trinajstić information content (AvgIpc) is 2.60. The molecule has 2 rings (SSSR count).